The predicted octanol–water partition coefficient (Wildman–Crippen LogP) is 2.45. The Balaban J connectivity index is 1.43. The van der Waals surface area contributed by atoms with E-state index < -0.39 is 0 Å². The van der Waals surface area contributed by atoms with Crippen molar-refractivity contribution in [2.45, 2.75) is 32.2 Å². The lowest BCUT2D eigenvalue weighted by Crippen LogP contribution is -2.46. The molecule has 1 aromatic rings. The molecule has 0 aromatic heterocycles. The van der Waals surface area contributed by atoms with E-state index in [1.165, 1.54) is 12.1 Å². The summed E-state index contributed by atoms with van der Waals surface area (Å²) in [6.45, 7) is 6.59. The average Bonchev–Trinajstić information content (AvgIpc) is 3.34. The number of nitrogens with one attached hydrogen (secondary N) is 2. The summed E-state index contributed by atoms with van der Waals surface area (Å²) in [7, 11) is 1.81. The van der Waals surface area contributed by atoms with Gasteiger partial charge in [0.2, 0.25) is 5.91 Å². The summed E-state index contributed by atoms with van der Waals surface area (Å²) in [4.78, 5) is 20.6. The van der Waals surface area contributed by atoms with Crippen molar-refractivity contribution >= 4 is 33.5 Å². The molecule has 2 aliphatic heterocycles. The largest absolute Gasteiger partial charge is 0.371 e. The van der Waals surface area contributed by atoms with Crippen LogP contribution < -0.4 is 15.5 Å². The number of likely N-dealkylation sites (tertiary alicyclic amines) is 1. The van der Waals surface area contributed by atoms with Gasteiger partial charge in [-0.15, -0.1) is 0 Å². The monoisotopic (exact) mass is 435 g/mol. The second-order valence-corrected chi connectivity index (χ2v) is 8.27. The van der Waals surface area contributed by atoms with Crippen LogP contribution in [0.15, 0.2) is 33.7 Å². The summed E-state index contributed by atoms with van der Waals surface area (Å²) in [6, 6.07) is 8.79. The van der Waals surface area contributed by atoms with Crippen LogP contribution in [0.25, 0.3) is 0 Å². The number of hydrogen-bond donors (Lipinski definition) is 2. The van der Waals surface area contributed by atoms with Gasteiger partial charge in [0.15, 0.2) is 5.96 Å². The molecule has 2 N–H and O–H groups in total. The Morgan fingerprint density at radius 1 is 1.30 bits per heavy atom. The van der Waals surface area contributed by atoms with Crippen LogP contribution in [0.3, 0.4) is 0 Å². The minimum atomic E-state index is 0.237. The number of halogens is 1. The van der Waals surface area contributed by atoms with Crippen LogP contribution in [0.1, 0.15) is 26.2 Å². The zero-order valence-corrected chi connectivity index (χ0v) is 17.8. The van der Waals surface area contributed by atoms with E-state index in [0.29, 0.717) is 12.3 Å². The maximum atomic E-state index is 11.8. The maximum absolute atomic E-state index is 11.8. The highest BCUT2D eigenvalue weighted by Crippen LogP contribution is 2.25. The molecule has 0 aliphatic carbocycles. The van der Waals surface area contributed by atoms with Crippen molar-refractivity contribution in [2.75, 3.05) is 44.7 Å². The lowest BCUT2D eigenvalue weighted by Gasteiger charge is -2.21. The minimum absolute atomic E-state index is 0.237. The average molecular weight is 436 g/mol. The number of anilines is 1. The van der Waals surface area contributed by atoms with Crippen LogP contribution in [-0.2, 0) is 4.79 Å². The Labute approximate surface area is 170 Å². The zero-order valence-electron chi connectivity index (χ0n) is 16.2. The molecule has 0 saturated carbocycles. The van der Waals surface area contributed by atoms with Crippen molar-refractivity contribution in [1.82, 2.24) is 15.5 Å². The van der Waals surface area contributed by atoms with Crippen LogP contribution in [-0.4, -0.2) is 62.6 Å². The Kier molecular flexibility index (Phi) is 6.99. The van der Waals surface area contributed by atoms with E-state index >= 15 is 0 Å². The van der Waals surface area contributed by atoms with Gasteiger partial charge in [-0.25, -0.2) is 0 Å². The summed E-state index contributed by atoms with van der Waals surface area (Å²) in [5.74, 6) is 1.68. The fourth-order valence-electron chi connectivity index (χ4n) is 3.86. The highest BCUT2D eigenvalue weighted by molar-refractivity contribution is 9.10. The van der Waals surface area contributed by atoms with Crippen molar-refractivity contribution in [3.63, 3.8) is 0 Å². The van der Waals surface area contributed by atoms with Gasteiger partial charge < -0.3 is 20.4 Å². The first kappa shape index (κ1) is 20.0. The van der Waals surface area contributed by atoms with Crippen molar-refractivity contribution < 1.29 is 4.79 Å². The van der Waals surface area contributed by atoms with Gasteiger partial charge in [0, 0.05) is 62.4 Å². The predicted molar refractivity (Wildman–Crippen MR) is 114 cm³/mol. The van der Waals surface area contributed by atoms with Crippen molar-refractivity contribution in [3.05, 3.63) is 28.7 Å². The Bertz CT molecular complexity index is 680. The molecule has 1 aromatic carbocycles. The topological polar surface area (TPSA) is 60.0 Å². The van der Waals surface area contributed by atoms with Gasteiger partial charge in [-0.05, 0) is 37.0 Å². The highest BCUT2D eigenvalue weighted by Gasteiger charge is 2.27. The van der Waals surface area contributed by atoms with Gasteiger partial charge in [-0.2, -0.15) is 0 Å². The molecular weight excluding hydrogens is 406 g/mol. The molecule has 7 heteroatoms. The summed E-state index contributed by atoms with van der Waals surface area (Å²) < 4.78 is 1.12. The lowest BCUT2D eigenvalue weighted by molar-refractivity contribution is -0.129. The Morgan fingerprint density at radius 2 is 2.15 bits per heavy atom. The molecule has 1 amide bonds. The van der Waals surface area contributed by atoms with Crippen molar-refractivity contribution in [2.24, 2.45) is 10.9 Å². The third-order valence-electron chi connectivity index (χ3n) is 5.43. The normalized spacial score (nSPS) is 23.0. The zero-order chi connectivity index (χ0) is 19.2. The Morgan fingerprint density at radius 3 is 2.89 bits per heavy atom. The maximum Gasteiger partial charge on any atom is 0.222 e. The van der Waals surface area contributed by atoms with Crippen LogP contribution in [0.4, 0.5) is 5.69 Å². The quantitative estimate of drug-likeness (QED) is 0.550. The molecule has 6 nitrogen and oxygen atoms in total. The molecule has 2 saturated heterocycles. The first-order chi connectivity index (χ1) is 13.1. The van der Waals surface area contributed by atoms with Gasteiger partial charge in [-0.3, -0.25) is 9.79 Å². The molecule has 0 spiro atoms. The minimum Gasteiger partial charge on any atom is -0.371 e. The third-order valence-corrected chi connectivity index (χ3v) is 5.92. The molecule has 3 rings (SSSR count). The number of hydrogen-bond acceptors (Lipinski definition) is 3. The van der Waals surface area contributed by atoms with E-state index in [9.17, 15) is 4.79 Å². The first-order valence-corrected chi connectivity index (χ1v) is 10.6. The van der Waals surface area contributed by atoms with Crippen molar-refractivity contribution in [3.8, 4) is 0 Å². The number of amides is 1. The number of rotatable bonds is 5. The first-order valence-electron chi connectivity index (χ1n) is 9.84. The molecule has 2 aliphatic rings. The number of carbonyl (C=O) groups is 1. The van der Waals surface area contributed by atoms with E-state index in [-0.39, 0.29) is 11.9 Å². The molecule has 0 bridgehead atoms. The van der Waals surface area contributed by atoms with Crippen LogP contribution >= 0.6 is 15.9 Å². The number of guanidine groups is 1. The van der Waals surface area contributed by atoms with Gasteiger partial charge in [0.1, 0.15) is 0 Å². The number of nitrogens with zero attached hydrogens (tertiary/aromatic N) is 3. The fraction of sp³-hybridized carbons (Fsp3) is 0.600. The van der Waals surface area contributed by atoms with E-state index in [2.05, 4.69) is 60.7 Å². The van der Waals surface area contributed by atoms with Gasteiger partial charge in [0.05, 0.1) is 0 Å². The summed E-state index contributed by atoms with van der Waals surface area (Å²) >= 11 is 3.56. The van der Waals surface area contributed by atoms with Crippen molar-refractivity contribution in [1.29, 1.82) is 0 Å². The van der Waals surface area contributed by atoms with Crippen LogP contribution in [0, 0.1) is 5.92 Å². The molecule has 2 atom stereocenters. The molecule has 148 valence electrons. The molecule has 0 radical (unpaired) electrons. The second-order valence-electron chi connectivity index (χ2n) is 7.36. The number of carbonyl (C=O) groups excluding carboxylic acids is 1. The van der Waals surface area contributed by atoms with Crippen LogP contribution in [0.2, 0.25) is 0 Å². The summed E-state index contributed by atoms with van der Waals surface area (Å²) in [5, 5.41) is 6.95. The molecule has 27 heavy (non-hydrogen) atoms. The molecule has 2 heterocycles. The van der Waals surface area contributed by atoms with E-state index in [4.69, 9.17) is 0 Å². The van der Waals surface area contributed by atoms with Gasteiger partial charge in [-0.1, -0.05) is 28.9 Å². The standard InChI is InChI=1S/C20H30BrN5O/c1-3-19(27)26-10-8-17(14-26)24-20(22-2)23-12-15-7-9-25(13-15)18-6-4-5-16(21)11-18/h4-6,11,15,17H,3,7-10,12-14H2,1-2H3,(H2,22,23,24). The summed E-state index contributed by atoms with van der Waals surface area (Å²) in [5.41, 5.74) is 1.28. The molecule has 2 unspecified atom stereocenters. The van der Waals surface area contributed by atoms with E-state index in [1.807, 2.05) is 18.9 Å². The van der Waals surface area contributed by atoms with E-state index in [0.717, 1.165) is 49.6 Å². The smallest absolute Gasteiger partial charge is 0.222 e. The lowest BCUT2D eigenvalue weighted by atomic mass is 10.1. The second kappa shape index (κ2) is 9.44. The van der Waals surface area contributed by atoms with Gasteiger partial charge >= 0.3 is 0 Å². The van der Waals surface area contributed by atoms with Gasteiger partial charge in [0.25, 0.3) is 0 Å². The summed E-state index contributed by atoms with van der Waals surface area (Å²) in [6.07, 6.45) is 2.74. The fourth-order valence-corrected chi connectivity index (χ4v) is 4.25. The number of aliphatic imine (C=N–C) groups is 1. The molecule has 2 fully saturated rings. The highest BCUT2D eigenvalue weighted by atomic mass is 79.9. The van der Waals surface area contributed by atoms with Crippen LogP contribution in [0.5, 0.6) is 0 Å². The SMILES string of the molecule is CCC(=O)N1CCC(NC(=NC)NCC2CCN(c3cccc(Br)c3)C2)C1. The Hall–Kier alpha value is -1.76. The van der Waals surface area contributed by atoms with E-state index in [1.54, 1.807) is 0 Å². The number of benzene rings is 1. The third kappa shape index (κ3) is 5.37. The molecular formula is C20H30BrN5O.